The van der Waals surface area contributed by atoms with Crippen molar-refractivity contribution in [1.82, 2.24) is 0 Å². The topological polar surface area (TPSA) is 94.8 Å². The summed E-state index contributed by atoms with van der Waals surface area (Å²) in [4.78, 5) is -0.227. The quantitative estimate of drug-likeness (QED) is 0.599. The fourth-order valence-electron chi connectivity index (χ4n) is 1.83. The maximum absolute atomic E-state index is 10.4. The second-order valence-electron chi connectivity index (χ2n) is 4.47. The lowest BCUT2D eigenvalue weighted by atomic mass is 10.1. The lowest BCUT2D eigenvalue weighted by molar-refractivity contribution is 0.472. The van der Waals surface area contributed by atoms with Gasteiger partial charge in [0.1, 0.15) is 11.5 Å². The minimum absolute atomic E-state index is 0.0441. The largest absolute Gasteiger partial charge is 0.508 e. The Morgan fingerprint density at radius 2 is 1.32 bits per heavy atom. The maximum Gasteiger partial charge on any atom is 0.294 e. The van der Waals surface area contributed by atoms with E-state index in [2.05, 4.69) is 0 Å². The molecule has 0 atom stereocenters. The van der Waals surface area contributed by atoms with Gasteiger partial charge in [0, 0.05) is 5.39 Å². The summed E-state index contributed by atoms with van der Waals surface area (Å²) in [6.45, 7) is 0. The molecule has 3 N–H and O–H groups in total. The van der Waals surface area contributed by atoms with Crippen LogP contribution in [-0.4, -0.2) is 23.2 Å². The van der Waals surface area contributed by atoms with E-state index in [0.717, 1.165) is 22.9 Å². The van der Waals surface area contributed by atoms with Gasteiger partial charge in [0.15, 0.2) is 0 Å². The summed E-state index contributed by atoms with van der Waals surface area (Å²) in [5.74, 6) is 0.306. The normalized spacial score (nSPS) is 10.8. The van der Waals surface area contributed by atoms with Gasteiger partial charge < -0.3 is 10.2 Å². The minimum Gasteiger partial charge on any atom is -0.508 e. The zero-order valence-electron chi connectivity index (χ0n) is 11.4. The Balaban J connectivity index is 0.000000160. The molecule has 0 fully saturated rings. The van der Waals surface area contributed by atoms with Crippen LogP contribution >= 0.6 is 0 Å². The van der Waals surface area contributed by atoms with Crippen molar-refractivity contribution < 1.29 is 23.2 Å². The Morgan fingerprint density at radius 1 is 0.727 bits per heavy atom. The molecule has 0 spiro atoms. The molecule has 0 saturated carbocycles. The Morgan fingerprint density at radius 3 is 1.91 bits per heavy atom. The van der Waals surface area contributed by atoms with E-state index in [1.54, 1.807) is 6.07 Å². The molecule has 0 aromatic heterocycles. The molecule has 22 heavy (non-hydrogen) atoms. The summed E-state index contributed by atoms with van der Waals surface area (Å²) in [7, 11) is -4.13. The standard InChI is InChI=1S/C10H8O.C6H6O4S/c11-10-7-3-5-8-4-1-2-6-9(8)10;7-5-1-3-6(4-2-5)11(8,9)10/h1-7,11H;1-4,7H,(H,8,9,10). The van der Waals surface area contributed by atoms with Crippen LogP contribution < -0.4 is 0 Å². The number of fused-ring (bicyclic) bond motifs is 1. The van der Waals surface area contributed by atoms with Gasteiger partial charge in [0.25, 0.3) is 10.1 Å². The highest BCUT2D eigenvalue weighted by molar-refractivity contribution is 7.85. The molecule has 0 unspecified atom stereocenters. The molecule has 3 aromatic carbocycles. The third-order valence-electron chi connectivity index (χ3n) is 2.90. The molecule has 0 heterocycles. The summed E-state index contributed by atoms with van der Waals surface area (Å²) < 4.78 is 29.3. The fourth-order valence-corrected chi connectivity index (χ4v) is 2.31. The van der Waals surface area contributed by atoms with E-state index in [4.69, 9.17) is 9.66 Å². The summed E-state index contributed by atoms with van der Waals surface area (Å²) in [5, 5.41) is 20.1. The number of aromatic hydroxyl groups is 2. The van der Waals surface area contributed by atoms with Gasteiger partial charge in [-0.1, -0.05) is 36.4 Å². The smallest absolute Gasteiger partial charge is 0.294 e. The predicted octanol–water partition coefficient (Wildman–Crippen LogP) is 3.18. The van der Waals surface area contributed by atoms with E-state index in [0.29, 0.717) is 5.75 Å². The molecule has 0 aliphatic heterocycles. The van der Waals surface area contributed by atoms with E-state index in [1.807, 2.05) is 36.4 Å². The fraction of sp³-hybridized carbons (Fsp3) is 0. The van der Waals surface area contributed by atoms with Crippen LogP contribution in [0, 0.1) is 0 Å². The molecular weight excluding hydrogens is 304 g/mol. The number of phenols is 2. The van der Waals surface area contributed by atoms with E-state index < -0.39 is 10.1 Å². The van der Waals surface area contributed by atoms with Crippen molar-refractivity contribution in [2.75, 3.05) is 0 Å². The van der Waals surface area contributed by atoms with Crippen LogP contribution in [0.4, 0.5) is 0 Å². The first kappa shape index (κ1) is 15.8. The average Bonchev–Trinajstić information content (AvgIpc) is 2.48. The zero-order chi connectivity index (χ0) is 16.2. The second kappa shape index (κ2) is 6.46. The maximum atomic E-state index is 10.4. The second-order valence-corrected chi connectivity index (χ2v) is 5.89. The number of rotatable bonds is 1. The zero-order valence-corrected chi connectivity index (χ0v) is 12.2. The molecule has 0 saturated heterocycles. The molecule has 3 aromatic rings. The lowest BCUT2D eigenvalue weighted by Gasteiger charge is -1.97. The Hall–Kier alpha value is -2.57. The molecule has 0 aliphatic carbocycles. The van der Waals surface area contributed by atoms with Crippen LogP contribution in [0.5, 0.6) is 11.5 Å². The average molecular weight is 318 g/mol. The van der Waals surface area contributed by atoms with E-state index in [1.165, 1.54) is 12.1 Å². The SMILES string of the molecule is O=S(=O)(O)c1ccc(O)cc1.Oc1cccc2ccccc12. The van der Waals surface area contributed by atoms with Crippen molar-refractivity contribution in [3.63, 3.8) is 0 Å². The van der Waals surface area contributed by atoms with Crippen molar-refractivity contribution in [2.24, 2.45) is 0 Å². The van der Waals surface area contributed by atoms with Crippen molar-refractivity contribution in [2.45, 2.75) is 4.90 Å². The molecule has 6 heteroatoms. The summed E-state index contributed by atoms with van der Waals surface area (Å²) in [6, 6.07) is 17.9. The summed E-state index contributed by atoms with van der Waals surface area (Å²) in [6.07, 6.45) is 0. The van der Waals surface area contributed by atoms with Crippen molar-refractivity contribution in [1.29, 1.82) is 0 Å². The van der Waals surface area contributed by atoms with Crippen molar-refractivity contribution >= 4 is 20.9 Å². The first-order valence-corrected chi connectivity index (χ1v) is 7.75. The van der Waals surface area contributed by atoms with E-state index in [9.17, 15) is 13.5 Å². The highest BCUT2D eigenvalue weighted by Crippen LogP contribution is 2.22. The molecule has 0 amide bonds. The number of hydrogen-bond acceptors (Lipinski definition) is 4. The molecule has 114 valence electrons. The van der Waals surface area contributed by atoms with Crippen molar-refractivity contribution in [3.8, 4) is 11.5 Å². The Labute approximate surface area is 127 Å². The first-order valence-electron chi connectivity index (χ1n) is 6.31. The van der Waals surface area contributed by atoms with Crippen LogP contribution in [0.3, 0.4) is 0 Å². The van der Waals surface area contributed by atoms with Gasteiger partial charge in [-0.25, -0.2) is 0 Å². The molecule has 3 rings (SSSR count). The molecule has 5 nitrogen and oxygen atoms in total. The van der Waals surface area contributed by atoms with Crippen LogP contribution in [0.1, 0.15) is 0 Å². The third kappa shape index (κ3) is 3.97. The van der Waals surface area contributed by atoms with Gasteiger partial charge in [0.2, 0.25) is 0 Å². The van der Waals surface area contributed by atoms with Gasteiger partial charge in [0.05, 0.1) is 4.90 Å². The van der Waals surface area contributed by atoms with Crippen LogP contribution in [-0.2, 0) is 10.1 Å². The van der Waals surface area contributed by atoms with Gasteiger partial charge in [-0.2, -0.15) is 8.42 Å². The van der Waals surface area contributed by atoms with E-state index >= 15 is 0 Å². The monoisotopic (exact) mass is 318 g/mol. The van der Waals surface area contributed by atoms with Crippen molar-refractivity contribution in [3.05, 3.63) is 66.7 Å². The Bertz CT molecular complexity index is 865. The summed E-state index contributed by atoms with van der Waals surface area (Å²) >= 11 is 0. The van der Waals surface area contributed by atoms with Gasteiger partial charge in [-0.3, -0.25) is 4.55 Å². The highest BCUT2D eigenvalue weighted by atomic mass is 32.2. The third-order valence-corrected chi connectivity index (χ3v) is 3.77. The van der Waals surface area contributed by atoms with E-state index in [-0.39, 0.29) is 10.6 Å². The molecule has 0 bridgehead atoms. The van der Waals surface area contributed by atoms with Crippen LogP contribution in [0.15, 0.2) is 71.6 Å². The summed E-state index contributed by atoms with van der Waals surface area (Å²) in [5.41, 5.74) is 0. The number of phenolic OH excluding ortho intramolecular Hbond substituents is 2. The highest BCUT2D eigenvalue weighted by Gasteiger charge is 2.07. The number of benzene rings is 3. The van der Waals surface area contributed by atoms with Gasteiger partial charge >= 0.3 is 0 Å². The molecule has 0 aliphatic rings. The lowest BCUT2D eigenvalue weighted by Crippen LogP contribution is -1.96. The van der Waals surface area contributed by atoms with Crippen LogP contribution in [0.2, 0.25) is 0 Å². The van der Waals surface area contributed by atoms with Crippen LogP contribution in [0.25, 0.3) is 10.8 Å². The molecule has 0 radical (unpaired) electrons. The Kier molecular flexibility index (Phi) is 4.65. The predicted molar refractivity (Wildman–Crippen MR) is 83.5 cm³/mol. The van der Waals surface area contributed by atoms with Gasteiger partial charge in [-0.05, 0) is 35.7 Å². The molecular formula is C16H14O5S. The minimum atomic E-state index is -4.13. The number of hydrogen-bond donors (Lipinski definition) is 3. The first-order chi connectivity index (χ1) is 10.4. The van der Waals surface area contributed by atoms with Gasteiger partial charge in [-0.15, -0.1) is 0 Å².